The topological polar surface area (TPSA) is 18.5 Å². The minimum absolute atomic E-state index is 0.702. The van der Waals surface area contributed by atoms with Crippen molar-refractivity contribution in [3.05, 3.63) is 0 Å². The highest BCUT2D eigenvalue weighted by Gasteiger charge is 2.24. The molecule has 1 aliphatic rings. The molecule has 0 amide bonds. The van der Waals surface area contributed by atoms with E-state index in [0.29, 0.717) is 6.04 Å². The van der Waals surface area contributed by atoms with Crippen LogP contribution in [0.3, 0.4) is 0 Å². The molecule has 0 aromatic heterocycles. The van der Waals surface area contributed by atoms with Gasteiger partial charge in [0.1, 0.15) is 0 Å². The third-order valence-corrected chi connectivity index (χ3v) is 3.64. The molecule has 108 valence electrons. The first kappa shape index (κ1) is 15.9. The Morgan fingerprint density at radius 2 is 1.83 bits per heavy atom. The Morgan fingerprint density at radius 3 is 2.28 bits per heavy atom. The highest BCUT2D eigenvalue weighted by Crippen LogP contribution is 2.19. The van der Waals surface area contributed by atoms with Crippen LogP contribution in [0.5, 0.6) is 0 Å². The van der Waals surface area contributed by atoms with E-state index in [4.69, 9.17) is 0 Å². The average molecular weight is 255 g/mol. The second-order valence-electron chi connectivity index (χ2n) is 6.44. The van der Waals surface area contributed by atoms with Crippen molar-refractivity contribution >= 4 is 0 Å². The number of likely N-dealkylation sites (N-methyl/N-ethyl adjacent to an activating group) is 1. The molecule has 0 saturated heterocycles. The monoisotopic (exact) mass is 255 g/mol. The van der Waals surface area contributed by atoms with Crippen LogP contribution in [0.2, 0.25) is 0 Å². The third-order valence-electron chi connectivity index (χ3n) is 3.64. The van der Waals surface area contributed by atoms with Crippen molar-refractivity contribution in [1.82, 2.24) is 15.1 Å². The molecule has 1 N–H and O–H groups in total. The minimum atomic E-state index is 0.702. The molecule has 1 fully saturated rings. The molecule has 3 nitrogen and oxygen atoms in total. The van der Waals surface area contributed by atoms with Crippen molar-refractivity contribution in [2.45, 2.75) is 52.1 Å². The zero-order chi connectivity index (χ0) is 13.5. The molecule has 18 heavy (non-hydrogen) atoms. The normalized spacial score (nSPS) is 18.0. The van der Waals surface area contributed by atoms with Gasteiger partial charge in [0.2, 0.25) is 0 Å². The largest absolute Gasteiger partial charge is 0.312 e. The van der Waals surface area contributed by atoms with Crippen molar-refractivity contribution in [3.63, 3.8) is 0 Å². The van der Waals surface area contributed by atoms with Crippen LogP contribution >= 0.6 is 0 Å². The van der Waals surface area contributed by atoms with Gasteiger partial charge >= 0.3 is 0 Å². The maximum atomic E-state index is 3.69. The lowest BCUT2D eigenvalue weighted by atomic mass is 10.1. The molecule has 1 unspecified atom stereocenters. The lowest BCUT2D eigenvalue weighted by molar-refractivity contribution is 0.153. The summed E-state index contributed by atoms with van der Waals surface area (Å²) >= 11 is 0. The first-order chi connectivity index (χ1) is 8.52. The Bertz CT molecular complexity index is 212. The van der Waals surface area contributed by atoms with Crippen LogP contribution in [0, 0.1) is 5.92 Å². The molecule has 1 atom stereocenters. The first-order valence-electron chi connectivity index (χ1n) is 7.65. The van der Waals surface area contributed by atoms with E-state index in [1.54, 1.807) is 0 Å². The summed E-state index contributed by atoms with van der Waals surface area (Å²) in [4.78, 5) is 4.97. The number of hydrogen-bond acceptors (Lipinski definition) is 3. The quantitative estimate of drug-likeness (QED) is 0.644. The fourth-order valence-electron chi connectivity index (χ4n) is 2.34. The lowest BCUT2D eigenvalue weighted by Crippen LogP contribution is -2.46. The maximum absolute atomic E-state index is 3.69. The van der Waals surface area contributed by atoms with E-state index in [-0.39, 0.29) is 0 Å². The van der Waals surface area contributed by atoms with Gasteiger partial charge in [0.25, 0.3) is 0 Å². The van der Waals surface area contributed by atoms with Gasteiger partial charge in [-0.25, -0.2) is 0 Å². The molecule has 0 radical (unpaired) electrons. The number of nitrogens with zero attached hydrogens (tertiary/aromatic N) is 2. The lowest BCUT2D eigenvalue weighted by Gasteiger charge is -2.33. The second-order valence-corrected chi connectivity index (χ2v) is 6.44. The number of nitrogens with one attached hydrogen (secondary N) is 1. The van der Waals surface area contributed by atoms with Gasteiger partial charge in [0, 0.05) is 38.3 Å². The molecule has 0 aromatic rings. The molecule has 0 heterocycles. The number of rotatable bonds is 10. The molecule has 0 aromatic carbocycles. The second kappa shape index (κ2) is 8.13. The fourth-order valence-corrected chi connectivity index (χ4v) is 2.34. The van der Waals surface area contributed by atoms with Crippen molar-refractivity contribution < 1.29 is 0 Å². The van der Waals surface area contributed by atoms with Crippen LogP contribution in [-0.2, 0) is 0 Å². The van der Waals surface area contributed by atoms with Gasteiger partial charge in [-0.05, 0) is 39.3 Å². The van der Waals surface area contributed by atoms with Crippen LogP contribution in [0.4, 0.5) is 0 Å². The van der Waals surface area contributed by atoms with E-state index in [9.17, 15) is 0 Å². The van der Waals surface area contributed by atoms with E-state index >= 15 is 0 Å². The SMILES string of the molecule is CCC(CNC1CC1)N(CCN(C)C)CC(C)C. The van der Waals surface area contributed by atoms with E-state index < -0.39 is 0 Å². The molecular weight excluding hydrogens is 222 g/mol. The standard InChI is InChI=1S/C15H33N3/c1-6-15(11-16-14-7-8-14)18(12-13(2)3)10-9-17(4)5/h13-16H,6-12H2,1-5H3. The van der Waals surface area contributed by atoms with Gasteiger partial charge in [0.15, 0.2) is 0 Å². The van der Waals surface area contributed by atoms with Gasteiger partial charge in [0.05, 0.1) is 0 Å². The molecule has 0 aliphatic heterocycles. The summed E-state index contributed by atoms with van der Waals surface area (Å²) in [7, 11) is 4.33. The summed E-state index contributed by atoms with van der Waals surface area (Å²) < 4.78 is 0. The highest BCUT2D eigenvalue weighted by atomic mass is 15.2. The van der Waals surface area contributed by atoms with Crippen LogP contribution in [0.25, 0.3) is 0 Å². The molecule has 0 spiro atoms. The highest BCUT2D eigenvalue weighted by molar-refractivity contribution is 4.84. The van der Waals surface area contributed by atoms with Gasteiger partial charge in [-0.15, -0.1) is 0 Å². The summed E-state index contributed by atoms with van der Waals surface area (Å²) in [5, 5.41) is 3.69. The van der Waals surface area contributed by atoms with Crippen LogP contribution in [0.15, 0.2) is 0 Å². The minimum Gasteiger partial charge on any atom is -0.312 e. The molecular formula is C15H33N3. The Labute approximate surface area is 114 Å². The smallest absolute Gasteiger partial charge is 0.0218 e. The maximum Gasteiger partial charge on any atom is 0.0218 e. The van der Waals surface area contributed by atoms with Crippen molar-refractivity contribution in [2.75, 3.05) is 40.3 Å². The Kier molecular flexibility index (Phi) is 7.20. The van der Waals surface area contributed by atoms with Crippen LogP contribution in [-0.4, -0.2) is 62.2 Å². The van der Waals surface area contributed by atoms with Crippen LogP contribution < -0.4 is 5.32 Å². The fraction of sp³-hybridized carbons (Fsp3) is 1.00. The average Bonchev–Trinajstić information content (AvgIpc) is 3.09. The number of hydrogen-bond donors (Lipinski definition) is 1. The van der Waals surface area contributed by atoms with E-state index in [1.165, 1.54) is 38.9 Å². The summed E-state index contributed by atoms with van der Waals surface area (Å²) in [5.41, 5.74) is 0. The molecule has 3 heteroatoms. The Morgan fingerprint density at radius 1 is 1.17 bits per heavy atom. The van der Waals surface area contributed by atoms with Gasteiger partial charge in [-0.2, -0.15) is 0 Å². The third kappa shape index (κ3) is 6.72. The Hall–Kier alpha value is -0.120. The van der Waals surface area contributed by atoms with Crippen molar-refractivity contribution in [2.24, 2.45) is 5.92 Å². The summed E-state index contributed by atoms with van der Waals surface area (Å²) in [5.74, 6) is 0.752. The van der Waals surface area contributed by atoms with Gasteiger partial charge in [-0.3, -0.25) is 4.90 Å². The zero-order valence-corrected chi connectivity index (χ0v) is 13.1. The van der Waals surface area contributed by atoms with Crippen molar-refractivity contribution in [1.29, 1.82) is 0 Å². The molecule has 1 saturated carbocycles. The van der Waals surface area contributed by atoms with Crippen LogP contribution in [0.1, 0.15) is 40.0 Å². The van der Waals surface area contributed by atoms with Gasteiger partial charge < -0.3 is 10.2 Å². The molecule has 1 rings (SSSR count). The predicted molar refractivity (Wildman–Crippen MR) is 80.1 cm³/mol. The predicted octanol–water partition coefficient (Wildman–Crippen LogP) is 2.04. The zero-order valence-electron chi connectivity index (χ0n) is 13.1. The molecule has 0 bridgehead atoms. The first-order valence-corrected chi connectivity index (χ1v) is 7.65. The summed E-state index contributed by atoms with van der Waals surface area (Å²) in [6.45, 7) is 11.7. The van der Waals surface area contributed by atoms with E-state index in [0.717, 1.165) is 18.5 Å². The van der Waals surface area contributed by atoms with E-state index in [2.05, 4.69) is 50.0 Å². The summed E-state index contributed by atoms with van der Waals surface area (Å²) in [6, 6.07) is 1.53. The van der Waals surface area contributed by atoms with Crippen molar-refractivity contribution in [3.8, 4) is 0 Å². The van der Waals surface area contributed by atoms with Gasteiger partial charge in [-0.1, -0.05) is 20.8 Å². The molecule has 1 aliphatic carbocycles. The van der Waals surface area contributed by atoms with E-state index in [1.807, 2.05) is 0 Å². The Balaban J connectivity index is 2.40. The summed E-state index contributed by atoms with van der Waals surface area (Å²) in [6.07, 6.45) is 4.02.